The van der Waals surface area contributed by atoms with Gasteiger partial charge in [0.15, 0.2) is 0 Å². The quantitative estimate of drug-likeness (QED) is 0.865. The number of hydrogen-bond acceptors (Lipinski definition) is 6. The van der Waals surface area contributed by atoms with Crippen molar-refractivity contribution in [3.8, 4) is 5.95 Å². The van der Waals surface area contributed by atoms with Gasteiger partial charge < -0.3 is 10.2 Å². The molecule has 7 nitrogen and oxygen atoms in total. The van der Waals surface area contributed by atoms with Gasteiger partial charge in [0.05, 0.1) is 0 Å². The van der Waals surface area contributed by atoms with E-state index in [9.17, 15) is 0 Å². The Balaban J connectivity index is 2.38. The number of nitrogens with one attached hydrogen (secondary N) is 1. The van der Waals surface area contributed by atoms with Gasteiger partial charge in [-0.25, -0.2) is 4.68 Å². The van der Waals surface area contributed by atoms with E-state index in [1.54, 1.807) is 10.9 Å². The molecular weight excluding hydrogens is 254 g/mol. The fourth-order valence-electron chi connectivity index (χ4n) is 1.55. The largest absolute Gasteiger partial charge is 0.354 e. The topological polar surface area (TPSA) is 71.8 Å². The highest BCUT2D eigenvalue weighted by molar-refractivity contribution is 5.39. The summed E-state index contributed by atoms with van der Waals surface area (Å²) in [7, 11) is 1.97. The Bertz CT molecular complexity index is 536. The molecule has 0 aliphatic carbocycles. The van der Waals surface area contributed by atoms with E-state index < -0.39 is 0 Å². The van der Waals surface area contributed by atoms with E-state index in [1.807, 2.05) is 24.2 Å². The predicted octanol–water partition coefficient (Wildman–Crippen LogP) is 1.72. The molecule has 0 bridgehead atoms. The predicted molar refractivity (Wildman–Crippen MR) is 79.3 cm³/mol. The Hall–Kier alpha value is -2.18. The number of aromatic nitrogens is 5. The first-order valence-corrected chi connectivity index (χ1v) is 6.84. The van der Waals surface area contributed by atoms with E-state index in [4.69, 9.17) is 0 Å². The highest BCUT2D eigenvalue weighted by Gasteiger charge is 2.13. The molecule has 2 aromatic rings. The minimum absolute atomic E-state index is 0.307. The molecule has 0 saturated carbocycles. The summed E-state index contributed by atoms with van der Waals surface area (Å²) in [6.45, 7) is 7.12. The molecule has 0 saturated heterocycles. The van der Waals surface area contributed by atoms with Crippen molar-refractivity contribution in [1.29, 1.82) is 0 Å². The zero-order chi connectivity index (χ0) is 14.5. The summed E-state index contributed by atoms with van der Waals surface area (Å²) < 4.78 is 1.64. The Labute approximate surface area is 119 Å². The molecule has 0 amide bonds. The van der Waals surface area contributed by atoms with Gasteiger partial charge in [-0.1, -0.05) is 6.92 Å². The van der Waals surface area contributed by atoms with Gasteiger partial charge in [0.2, 0.25) is 11.9 Å². The first kappa shape index (κ1) is 14.2. The van der Waals surface area contributed by atoms with Crippen molar-refractivity contribution in [3.63, 3.8) is 0 Å². The second-order valence-corrected chi connectivity index (χ2v) is 4.84. The summed E-state index contributed by atoms with van der Waals surface area (Å²) in [6.07, 6.45) is 4.53. The number of anilines is 2. The second kappa shape index (κ2) is 6.31. The Morgan fingerprint density at radius 1 is 1.30 bits per heavy atom. The lowest BCUT2D eigenvalue weighted by Gasteiger charge is -2.22. The summed E-state index contributed by atoms with van der Waals surface area (Å²) >= 11 is 0. The van der Waals surface area contributed by atoms with Crippen LogP contribution in [0.25, 0.3) is 5.95 Å². The van der Waals surface area contributed by atoms with Crippen LogP contribution >= 0.6 is 0 Å². The van der Waals surface area contributed by atoms with Crippen LogP contribution < -0.4 is 10.2 Å². The van der Waals surface area contributed by atoms with Gasteiger partial charge in [0.25, 0.3) is 5.95 Å². The lowest BCUT2D eigenvalue weighted by Crippen LogP contribution is -2.28. The summed E-state index contributed by atoms with van der Waals surface area (Å²) in [5.74, 6) is 1.74. The molecule has 0 unspecified atom stereocenters. The summed E-state index contributed by atoms with van der Waals surface area (Å²) in [5, 5.41) is 7.37. The van der Waals surface area contributed by atoms with Crippen LogP contribution in [0.3, 0.4) is 0 Å². The molecule has 2 aromatic heterocycles. The van der Waals surface area contributed by atoms with Crippen LogP contribution in [0.5, 0.6) is 0 Å². The molecule has 20 heavy (non-hydrogen) atoms. The molecule has 0 spiro atoms. The molecule has 0 radical (unpaired) electrons. The number of rotatable bonds is 6. The molecule has 1 N–H and O–H groups in total. The van der Waals surface area contributed by atoms with Crippen molar-refractivity contribution in [1.82, 2.24) is 24.7 Å². The van der Waals surface area contributed by atoms with E-state index in [2.05, 4.69) is 46.1 Å². The summed E-state index contributed by atoms with van der Waals surface area (Å²) in [4.78, 5) is 15.3. The fourth-order valence-corrected chi connectivity index (χ4v) is 1.55. The van der Waals surface area contributed by atoms with Crippen molar-refractivity contribution in [2.45, 2.75) is 33.2 Å². The molecule has 2 heterocycles. The van der Waals surface area contributed by atoms with Crippen molar-refractivity contribution in [3.05, 3.63) is 18.5 Å². The molecule has 0 atom stereocenters. The van der Waals surface area contributed by atoms with Gasteiger partial charge in [-0.15, -0.1) is 0 Å². The van der Waals surface area contributed by atoms with Crippen molar-refractivity contribution in [2.24, 2.45) is 0 Å². The van der Waals surface area contributed by atoms with Crippen LogP contribution in [0.1, 0.15) is 27.2 Å². The van der Waals surface area contributed by atoms with Gasteiger partial charge in [0.1, 0.15) is 0 Å². The minimum atomic E-state index is 0.307. The van der Waals surface area contributed by atoms with Crippen molar-refractivity contribution >= 4 is 11.9 Å². The van der Waals surface area contributed by atoms with Crippen LogP contribution in [0.15, 0.2) is 18.5 Å². The lowest BCUT2D eigenvalue weighted by atomic mass is 10.4. The van der Waals surface area contributed by atoms with Gasteiger partial charge in [-0.2, -0.15) is 20.1 Å². The molecule has 7 heteroatoms. The Morgan fingerprint density at radius 3 is 2.70 bits per heavy atom. The number of nitrogens with zero attached hydrogens (tertiary/aromatic N) is 6. The first-order valence-electron chi connectivity index (χ1n) is 6.84. The third-order valence-electron chi connectivity index (χ3n) is 2.94. The third kappa shape index (κ3) is 3.23. The Kier molecular flexibility index (Phi) is 4.49. The molecule has 0 aromatic carbocycles. The van der Waals surface area contributed by atoms with E-state index in [0.717, 1.165) is 13.0 Å². The van der Waals surface area contributed by atoms with Crippen LogP contribution in [0.2, 0.25) is 0 Å². The fraction of sp³-hybridized carbons (Fsp3) is 0.538. The maximum Gasteiger partial charge on any atom is 0.257 e. The van der Waals surface area contributed by atoms with Crippen LogP contribution in [0.4, 0.5) is 11.9 Å². The smallest absolute Gasteiger partial charge is 0.257 e. The first-order chi connectivity index (χ1) is 9.61. The van der Waals surface area contributed by atoms with Crippen LogP contribution in [-0.4, -0.2) is 44.4 Å². The molecule has 0 aliphatic rings. The highest BCUT2D eigenvalue weighted by Crippen LogP contribution is 2.13. The number of hydrogen-bond donors (Lipinski definition) is 1. The van der Waals surface area contributed by atoms with Gasteiger partial charge in [0, 0.05) is 32.0 Å². The zero-order valence-corrected chi connectivity index (χ0v) is 12.4. The van der Waals surface area contributed by atoms with E-state index in [1.165, 1.54) is 0 Å². The van der Waals surface area contributed by atoms with Crippen molar-refractivity contribution in [2.75, 3.05) is 23.8 Å². The summed E-state index contributed by atoms with van der Waals surface area (Å²) in [5.41, 5.74) is 0. The van der Waals surface area contributed by atoms with E-state index in [0.29, 0.717) is 23.9 Å². The standard InChI is InChI=1S/C13H21N7/c1-5-7-14-11-16-12(19(4)10(2)3)18-13(17-11)20-9-6-8-15-20/h6,8-10H,5,7H2,1-4H3,(H,14,16,17,18). The maximum absolute atomic E-state index is 4.47. The zero-order valence-electron chi connectivity index (χ0n) is 12.4. The van der Waals surface area contributed by atoms with Gasteiger partial charge >= 0.3 is 0 Å². The molecular formula is C13H21N7. The molecule has 0 fully saturated rings. The average molecular weight is 275 g/mol. The third-order valence-corrected chi connectivity index (χ3v) is 2.94. The van der Waals surface area contributed by atoms with Gasteiger partial charge in [-0.3, -0.25) is 0 Å². The minimum Gasteiger partial charge on any atom is -0.354 e. The van der Waals surface area contributed by atoms with E-state index >= 15 is 0 Å². The van der Waals surface area contributed by atoms with Gasteiger partial charge in [-0.05, 0) is 26.3 Å². The maximum atomic E-state index is 4.47. The Morgan fingerprint density at radius 2 is 2.10 bits per heavy atom. The molecule has 108 valence electrons. The highest BCUT2D eigenvalue weighted by atomic mass is 15.4. The van der Waals surface area contributed by atoms with Crippen LogP contribution in [0, 0.1) is 0 Å². The van der Waals surface area contributed by atoms with E-state index in [-0.39, 0.29) is 0 Å². The SMILES string of the molecule is CCCNc1nc(N(C)C(C)C)nc(-n2cccn2)n1. The monoisotopic (exact) mass is 275 g/mol. The van der Waals surface area contributed by atoms with Crippen molar-refractivity contribution < 1.29 is 0 Å². The molecule has 2 rings (SSSR count). The van der Waals surface area contributed by atoms with Crippen LogP contribution in [-0.2, 0) is 0 Å². The normalized spacial score (nSPS) is 10.8. The molecule has 0 aliphatic heterocycles. The summed E-state index contributed by atoms with van der Waals surface area (Å²) in [6, 6.07) is 2.15. The lowest BCUT2D eigenvalue weighted by molar-refractivity contribution is 0.711. The average Bonchev–Trinajstić information content (AvgIpc) is 2.98. The second-order valence-electron chi connectivity index (χ2n) is 4.84.